The third-order valence-corrected chi connectivity index (χ3v) is 2.82. The van der Waals surface area contributed by atoms with Crippen LogP contribution in [0.25, 0.3) is 0 Å². The van der Waals surface area contributed by atoms with E-state index in [0.29, 0.717) is 0 Å². The number of hydrogen-bond donors (Lipinski definition) is 0. The van der Waals surface area contributed by atoms with E-state index < -0.39 is 0 Å². The lowest BCUT2D eigenvalue weighted by molar-refractivity contribution is 0.616. The molecule has 1 aromatic rings. The van der Waals surface area contributed by atoms with Gasteiger partial charge in [-0.1, -0.05) is 0 Å². The summed E-state index contributed by atoms with van der Waals surface area (Å²) in [5.41, 5.74) is 0.860. The van der Waals surface area contributed by atoms with Gasteiger partial charge in [0.1, 0.15) is 5.82 Å². The minimum atomic E-state index is -0.0598. The third-order valence-electron chi connectivity index (χ3n) is 1.39. The Hall–Kier alpha value is 0.0969. The second kappa shape index (κ2) is 3.48. The Labute approximate surface area is 76.4 Å². The van der Waals surface area contributed by atoms with Gasteiger partial charge in [0.2, 0.25) is 0 Å². The lowest BCUT2D eigenvalue weighted by Gasteiger charge is -1.98. The van der Waals surface area contributed by atoms with Gasteiger partial charge >= 0.3 is 0 Å². The smallest absolute Gasteiger partial charge is 0.126 e. The van der Waals surface area contributed by atoms with Crippen LogP contribution in [0.3, 0.4) is 0 Å². The molecular weight excluding hydrogens is 258 g/mol. The van der Waals surface area contributed by atoms with E-state index in [1.807, 2.05) is 6.07 Å². The van der Waals surface area contributed by atoms with Crippen LogP contribution in [0.4, 0.5) is 4.39 Å². The van der Waals surface area contributed by atoms with E-state index in [1.54, 1.807) is 6.07 Å². The molecule has 0 aromatic heterocycles. The molecule has 0 N–H and O–H groups in total. The minimum absolute atomic E-state index is 0.0598. The molecule has 0 saturated heterocycles. The Balaban J connectivity index is 3.09. The molecule has 0 aliphatic carbocycles. The van der Waals surface area contributed by atoms with Crippen molar-refractivity contribution in [2.45, 2.75) is 6.04 Å². The van der Waals surface area contributed by atoms with Gasteiger partial charge in [0.25, 0.3) is 0 Å². The van der Waals surface area contributed by atoms with Crippen LogP contribution in [0.5, 0.6) is 0 Å². The highest BCUT2D eigenvalue weighted by Crippen LogP contribution is 2.11. The van der Waals surface area contributed by atoms with Crippen molar-refractivity contribution in [1.29, 1.82) is 0 Å². The molecule has 54 valence electrons. The predicted octanol–water partition coefficient (Wildman–Crippen LogP) is 1.30. The monoisotopic (exact) mass is 266 g/mol. The maximum Gasteiger partial charge on any atom is 0.126 e. The summed E-state index contributed by atoms with van der Waals surface area (Å²) >= 11 is 2.19. The summed E-state index contributed by atoms with van der Waals surface area (Å²) in [5, 5.41) is 0. The standard InChI is InChI=1S/C7H8FISi/c8-7-2-1-6(9)3-5(7)4-10/h1-3H,4H2,10H3. The zero-order valence-electron chi connectivity index (χ0n) is 5.70. The number of rotatable bonds is 1. The van der Waals surface area contributed by atoms with Crippen molar-refractivity contribution in [1.82, 2.24) is 0 Å². The normalized spacial score (nSPS) is 10.2. The Morgan fingerprint density at radius 1 is 1.50 bits per heavy atom. The van der Waals surface area contributed by atoms with Gasteiger partial charge in [-0.05, 0) is 52.4 Å². The van der Waals surface area contributed by atoms with Crippen LogP contribution in [0.15, 0.2) is 18.2 Å². The first kappa shape index (κ1) is 8.20. The van der Waals surface area contributed by atoms with Gasteiger partial charge < -0.3 is 0 Å². The molecule has 0 bridgehead atoms. The molecule has 3 heteroatoms. The molecule has 0 spiro atoms. The topological polar surface area (TPSA) is 0 Å². The maximum absolute atomic E-state index is 12.8. The summed E-state index contributed by atoms with van der Waals surface area (Å²) in [6.45, 7) is 0. The van der Waals surface area contributed by atoms with Gasteiger partial charge in [-0.25, -0.2) is 4.39 Å². The molecule has 1 rings (SSSR count). The van der Waals surface area contributed by atoms with Crippen molar-refractivity contribution in [2.24, 2.45) is 0 Å². The van der Waals surface area contributed by atoms with Crippen molar-refractivity contribution >= 4 is 32.8 Å². The second-order valence-corrected chi connectivity index (χ2v) is 4.04. The Kier molecular flexibility index (Phi) is 2.85. The molecule has 0 amide bonds. The van der Waals surface area contributed by atoms with Gasteiger partial charge in [-0.3, -0.25) is 0 Å². The molecule has 0 fully saturated rings. The molecule has 1 aromatic carbocycles. The fourth-order valence-electron chi connectivity index (χ4n) is 0.814. The maximum atomic E-state index is 12.8. The van der Waals surface area contributed by atoms with Crippen LogP contribution in [-0.4, -0.2) is 10.2 Å². The van der Waals surface area contributed by atoms with Crippen LogP contribution in [0, 0.1) is 9.39 Å². The summed E-state index contributed by atoms with van der Waals surface area (Å²) in [4.78, 5) is 0. The predicted molar refractivity (Wildman–Crippen MR) is 52.8 cm³/mol. The Bertz CT molecular complexity index is 237. The van der Waals surface area contributed by atoms with Gasteiger partial charge in [-0.15, -0.1) is 0 Å². The molecule has 0 heterocycles. The van der Waals surface area contributed by atoms with E-state index >= 15 is 0 Å². The highest BCUT2D eigenvalue weighted by Gasteiger charge is 1.98. The third kappa shape index (κ3) is 1.79. The highest BCUT2D eigenvalue weighted by molar-refractivity contribution is 14.1. The first-order chi connectivity index (χ1) is 4.74. The summed E-state index contributed by atoms with van der Waals surface area (Å²) in [6.07, 6.45) is 0. The van der Waals surface area contributed by atoms with Crippen molar-refractivity contribution in [3.8, 4) is 0 Å². The van der Waals surface area contributed by atoms with E-state index in [1.165, 1.54) is 6.07 Å². The zero-order valence-corrected chi connectivity index (χ0v) is 9.85. The quantitative estimate of drug-likeness (QED) is 0.531. The van der Waals surface area contributed by atoms with E-state index in [9.17, 15) is 4.39 Å². The molecule has 0 aliphatic rings. The largest absolute Gasteiger partial charge is 0.207 e. The number of hydrogen-bond acceptors (Lipinski definition) is 0. The fourth-order valence-corrected chi connectivity index (χ4v) is 1.91. The minimum Gasteiger partial charge on any atom is -0.207 e. The summed E-state index contributed by atoms with van der Waals surface area (Å²) in [7, 11) is 1.03. The molecular formula is C7H8FISi. The van der Waals surface area contributed by atoms with Crippen molar-refractivity contribution in [3.63, 3.8) is 0 Å². The summed E-state index contributed by atoms with van der Waals surface area (Å²) in [5.74, 6) is -0.0598. The van der Waals surface area contributed by atoms with Crippen LogP contribution in [0.1, 0.15) is 5.56 Å². The van der Waals surface area contributed by atoms with E-state index in [4.69, 9.17) is 0 Å². The SMILES string of the molecule is Fc1ccc(I)cc1C[SiH3]. The van der Waals surface area contributed by atoms with Crippen LogP contribution >= 0.6 is 22.6 Å². The molecule has 10 heavy (non-hydrogen) atoms. The lowest BCUT2D eigenvalue weighted by atomic mass is 10.2. The van der Waals surface area contributed by atoms with Gasteiger partial charge in [0.15, 0.2) is 0 Å². The molecule has 0 unspecified atom stereocenters. The molecule has 0 radical (unpaired) electrons. The zero-order chi connectivity index (χ0) is 7.56. The summed E-state index contributed by atoms with van der Waals surface area (Å²) < 4.78 is 13.9. The first-order valence-corrected chi connectivity index (χ1v) is 5.67. The van der Waals surface area contributed by atoms with Crippen LogP contribution in [0.2, 0.25) is 0 Å². The lowest BCUT2D eigenvalue weighted by Crippen LogP contribution is -1.89. The van der Waals surface area contributed by atoms with Crippen LogP contribution < -0.4 is 0 Å². The molecule has 0 nitrogen and oxygen atoms in total. The molecule has 0 atom stereocenters. The van der Waals surface area contributed by atoms with Crippen molar-refractivity contribution in [2.75, 3.05) is 0 Å². The van der Waals surface area contributed by atoms with Crippen molar-refractivity contribution < 1.29 is 4.39 Å². The first-order valence-electron chi connectivity index (χ1n) is 3.18. The fraction of sp³-hybridized carbons (Fsp3) is 0.143. The highest BCUT2D eigenvalue weighted by atomic mass is 127. The van der Waals surface area contributed by atoms with Gasteiger partial charge in [0.05, 0.1) is 0 Å². The second-order valence-electron chi connectivity index (χ2n) is 2.09. The number of halogens is 2. The van der Waals surface area contributed by atoms with Crippen LogP contribution in [-0.2, 0) is 6.04 Å². The Morgan fingerprint density at radius 2 is 2.20 bits per heavy atom. The van der Waals surface area contributed by atoms with Crippen molar-refractivity contribution in [3.05, 3.63) is 33.1 Å². The van der Waals surface area contributed by atoms with Gasteiger partial charge in [0, 0.05) is 13.8 Å². The van der Waals surface area contributed by atoms with E-state index in [-0.39, 0.29) is 5.82 Å². The molecule has 0 aliphatic heterocycles. The van der Waals surface area contributed by atoms with E-state index in [0.717, 1.165) is 25.4 Å². The average Bonchev–Trinajstić information content (AvgIpc) is 1.94. The van der Waals surface area contributed by atoms with Gasteiger partial charge in [-0.2, -0.15) is 0 Å². The van der Waals surface area contributed by atoms with E-state index in [2.05, 4.69) is 22.6 Å². The molecule has 0 saturated carbocycles. The summed E-state index contributed by atoms with van der Waals surface area (Å²) in [6, 6.07) is 6.14. The number of benzene rings is 1. The Morgan fingerprint density at radius 3 is 2.70 bits per heavy atom. The average molecular weight is 266 g/mol.